The van der Waals surface area contributed by atoms with Crippen LogP contribution in [0.2, 0.25) is 0 Å². The SMILES string of the molecule is C=C1[C@H](C(C)CC)NC(=O)[C@H](Cc2cn(OC)c3c2C=CC(C)C3)NC(=O)C(CCCCCCC(=O)C(C)C)NC(=O)C2CCCCN12. The molecule has 3 N–H and O–H groups in total. The van der Waals surface area contributed by atoms with Crippen molar-refractivity contribution in [3.63, 3.8) is 0 Å². The summed E-state index contributed by atoms with van der Waals surface area (Å²) in [6.45, 7) is 15.3. The van der Waals surface area contributed by atoms with Gasteiger partial charge in [-0.25, -0.2) is 0 Å². The van der Waals surface area contributed by atoms with E-state index in [9.17, 15) is 19.2 Å². The van der Waals surface area contributed by atoms with E-state index in [1.165, 1.54) is 0 Å². The lowest BCUT2D eigenvalue weighted by atomic mass is 9.91. The first-order valence-corrected chi connectivity index (χ1v) is 18.3. The summed E-state index contributed by atoms with van der Waals surface area (Å²) in [7, 11) is 1.63. The monoisotopic (exact) mass is 665 g/mol. The van der Waals surface area contributed by atoms with Gasteiger partial charge in [0.25, 0.3) is 0 Å². The lowest BCUT2D eigenvalue weighted by molar-refractivity contribution is -0.135. The first-order chi connectivity index (χ1) is 22.9. The molecular weight excluding hydrogens is 606 g/mol. The van der Waals surface area contributed by atoms with E-state index in [1.807, 2.05) is 20.0 Å². The zero-order chi connectivity index (χ0) is 35.0. The van der Waals surface area contributed by atoms with Crippen molar-refractivity contribution in [1.82, 2.24) is 25.6 Å². The smallest absolute Gasteiger partial charge is 0.243 e. The zero-order valence-corrected chi connectivity index (χ0v) is 30.1. The van der Waals surface area contributed by atoms with Crippen LogP contribution in [-0.4, -0.2) is 71.0 Å². The molecule has 1 aromatic heterocycles. The van der Waals surface area contributed by atoms with Crippen molar-refractivity contribution >= 4 is 29.6 Å². The van der Waals surface area contributed by atoms with Gasteiger partial charge in [0.15, 0.2) is 0 Å². The Hall–Kier alpha value is -3.56. The second kappa shape index (κ2) is 17.2. The van der Waals surface area contributed by atoms with Crippen LogP contribution in [0.4, 0.5) is 0 Å². The Morgan fingerprint density at radius 2 is 1.71 bits per heavy atom. The third kappa shape index (κ3) is 9.11. The van der Waals surface area contributed by atoms with Gasteiger partial charge in [-0.3, -0.25) is 19.2 Å². The molecule has 48 heavy (non-hydrogen) atoms. The standard InChI is InChI=1S/C38H59N5O5/c1-8-26(5)35-27(6)42-20-14-13-16-32(42)38(47)39-30(15-11-9-10-12-17-34(44)24(2)3)36(45)40-31(37(46)41-35)22-28-23-43(48-7)33-21-25(4)18-19-29(28)33/h18-19,23-26,30-32,35H,6,8-17,20-22H2,1-5,7H3,(H,39,47)(H,40,45)(H,41,46)/t25?,26?,30?,31-,32?,35-/m0/s1. The van der Waals surface area contributed by atoms with E-state index in [0.29, 0.717) is 31.7 Å². The molecule has 0 aromatic carbocycles. The highest BCUT2D eigenvalue weighted by Gasteiger charge is 2.38. The summed E-state index contributed by atoms with van der Waals surface area (Å²) in [6.07, 6.45) is 14.8. The number of carbonyl (C=O) groups is 4. The number of allylic oxidation sites excluding steroid dienone is 1. The summed E-state index contributed by atoms with van der Waals surface area (Å²) in [4.78, 5) is 62.0. The van der Waals surface area contributed by atoms with E-state index in [0.717, 1.165) is 73.9 Å². The Kier molecular flexibility index (Phi) is 13.4. The quantitative estimate of drug-likeness (QED) is 0.262. The molecule has 3 aliphatic rings. The second-order valence-electron chi connectivity index (χ2n) is 14.5. The first-order valence-electron chi connectivity index (χ1n) is 18.3. The fraction of sp³-hybridized carbons (Fsp3) is 0.684. The number of Topliss-reactive ketones (excluding diaryl/α,β-unsaturated/α-hetero) is 1. The molecule has 0 saturated carbocycles. The Bertz CT molecular complexity index is 1350. The summed E-state index contributed by atoms with van der Waals surface area (Å²) >= 11 is 0. The summed E-state index contributed by atoms with van der Waals surface area (Å²) in [6, 6.07) is -2.49. The van der Waals surface area contributed by atoms with Crippen LogP contribution >= 0.6 is 0 Å². The number of nitrogens with zero attached hydrogens (tertiary/aromatic N) is 2. The molecule has 1 aliphatic carbocycles. The number of hydrogen-bond donors (Lipinski definition) is 3. The molecule has 2 fully saturated rings. The van der Waals surface area contributed by atoms with Gasteiger partial charge in [-0.15, -0.1) is 0 Å². The Morgan fingerprint density at radius 3 is 2.42 bits per heavy atom. The summed E-state index contributed by atoms with van der Waals surface area (Å²) in [5.74, 6) is -0.0529. The van der Waals surface area contributed by atoms with Crippen molar-refractivity contribution in [3.05, 3.63) is 41.4 Å². The molecule has 1 aromatic rings. The van der Waals surface area contributed by atoms with Crippen LogP contribution < -0.4 is 20.8 Å². The molecule has 266 valence electrons. The summed E-state index contributed by atoms with van der Waals surface area (Å²) in [5, 5.41) is 9.43. The maximum atomic E-state index is 14.3. The number of amides is 3. The highest BCUT2D eigenvalue weighted by atomic mass is 16.6. The van der Waals surface area contributed by atoms with Crippen LogP contribution in [0.3, 0.4) is 0 Å². The average Bonchev–Trinajstić information content (AvgIpc) is 3.42. The van der Waals surface area contributed by atoms with Crippen molar-refractivity contribution in [2.75, 3.05) is 13.7 Å². The van der Waals surface area contributed by atoms with Gasteiger partial charge >= 0.3 is 0 Å². The Labute approximate surface area is 287 Å². The van der Waals surface area contributed by atoms with Gasteiger partial charge in [-0.05, 0) is 55.9 Å². The van der Waals surface area contributed by atoms with Crippen LogP contribution in [0.25, 0.3) is 6.08 Å². The highest BCUT2D eigenvalue weighted by Crippen LogP contribution is 2.30. The minimum atomic E-state index is -0.876. The number of rotatable bonds is 13. The minimum absolute atomic E-state index is 0.0410. The Morgan fingerprint density at radius 1 is 1.00 bits per heavy atom. The molecule has 2 aliphatic heterocycles. The van der Waals surface area contributed by atoms with Crippen molar-refractivity contribution < 1.29 is 24.0 Å². The van der Waals surface area contributed by atoms with Gasteiger partial charge in [0, 0.05) is 42.8 Å². The molecule has 3 heterocycles. The number of carbonyl (C=O) groups excluding carboxylic acids is 4. The molecule has 4 unspecified atom stereocenters. The van der Waals surface area contributed by atoms with Gasteiger partial charge in [0.05, 0.1) is 11.7 Å². The number of nitrogens with one attached hydrogen (secondary N) is 3. The van der Waals surface area contributed by atoms with Crippen LogP contribution in [0.1, 0.15) is 116 Å². The minimum Gasteiger partial charge on any atom is -0.417 e. The van der Waals surface area contributed by atoms with E-state index in [-0.39, 0.29) is 47.8 Å². The summed E-state index contributed by atoms with van der Waals surface area (Å²) in [5.41, 5.74) is 3.72. The van der Waals surface area contributed by atoms with Gasteiger partial charge in [-0.2, -0.15) is 4.73 Å². The number of aromatic nitrogens is 1. The molecule has 10 heteroatoms. The van der Waals surface area contributed by atoms with Crippen LogP contribution in [0.5, 0.6) is 0 Å². The van der Waals surface area contributed by atoms with Crippen LogP contribution in [-0.2, 0) is 32.0 Å². The molecule has 4 rings (SSSR count). The van der Waals surface area contributed by atoms with Crippen molar-refractivity contribution in [2.45, 2.75) is 136 Å². The van der Waals surface area contributed by atoms with E-state index in [4.69, 9.17) is 4.84 Å². The van der Waals surface area contributed by atoms with E-state index < -0.39 is 18.1 Å². The predicted molar refractivity (Wildman–Crippen MR) is 189 cm³/mol. The average molecular weight is 666 g/mol. The fourth-order valence-corrected chi connectivity index (χ4v) is 7.25. The second-order valence-corrected chi connectivity index (χ2v) is 14.5. The van der Waals surface area contributed by atoms with Crippen molar-refractivity contribution in [1.29, 1.82) is 0 Å². The number of piperidine rings is 1. The van der Waals surface area contributed by atoms with Gasteiger partial charge in [0.1, 0.15) is 31.0 Å². The van der Waals surface area contributed by atoms with E-state index >= 15 is 0 Å². The van der Waals surface area contributed by atoms with E-state index in [1.54, 1.807) is 11.8 Å². The molecule has 6 atom stereocenters. The molecular formula is C38H59N5O5. The molecule has 3 amide bonds. The van der Waals surface area contributed by atoms with Gasteiger partial charge in [-0.1, -0.05) is 79.0 Å². The number of unbranched alkanes of at least 4 members (excludes halogenated alkanes) is 3. The van der Waals surface area contributed by atoms with Gasteiger partial charge in [0.2, 0.25) is 17.7 Å². The van der Waals surface area contributed by atoms with Gasteiger partial charge < -0.3 is 25.7 Å². The third-order valence-electron chi connectivity index (χ3n) is 10.5. The molecule has 0 bridgehead atoms. The van der Waals surface area contributed by atoms with Crippen LogP contribution in [0, 0.1) is 17.8 Å². The molecule has 2 saturated heterocycles. The van der Waals surface area contributed by atoms with E-state index in [2.05, 4.69) is 60.4 Å². The van der Waals surface area contributed by atoms with Crippen molar-refractivity contribution in [3.8, 4) is 0 Å². The predicted octanol–water partition coefficient (Wildman–Crippen LogP) is 4.74. The molecule has 0 radical (unpaired) electrons. The lowest BCUT2D eigenvalue weighted by Gasteiger charge is -2.43. The lowest BCUT2D eigenvalue weighted by Crippen LogP contribution is -2.61. The topological polar surface area (TPSA) is 122 Å². The first kappa shape index (κ1) is 37.3. The normalized spacial score (nSPS) is 25.6. The van der Waals surface area contributed by atoms with Crippen molar-refractivity contribution in [2.24, 2.45) is 17.8 Å². The third-order valence-corrected chi connectivity index (χ3v) is 10.5. The molecule has 10 nitrogen and oxygen atoms in total. The number of fused-ring (bicyclic) bond motifs is 2. The Balaban J connectivity index is 1.62. The highest BCUT2D eigenvalue weighted by molar-refractivity contribution is 5.93. The zero-order valence-electron chi connectivity index (χ0n) is 30.1. The maximum Gasteiger partial charge on any atom is 0.243 e. The number of hydrogen-bond acceptors (Lipinski definition) is 6. The summed E-state index contributed by atoms with van der Waals surface area (Å²) < 4.78 is 1.76. The van der Waals surface area contributed by atoms with Crippen LogP contribution in [0.15, 0.2) is 24.5 Å². The largest absolute Gasteiger partial charge is 0.417 e. The molecule has 0 spiro atoms. The maximum absolute atomic E-state index is 14.3. The number of ketones is 1. The fourth-order valence-electron chi connectivity index (χ4n) is 7.25.